The van der Waals surface area contributed by atoms with Crippen molar-refractivity contribution in [2.45, 2.75) is 140 Å². The van der Waals surface area contributed by atoms with Gasteiger partial charge in [-0.15, -0.1) is 11.8 Å². The van der Waals surface area contributed by atoms with E-state index in [9.17, 15) is 38.7 Å². The van der Waals surface area contributed by atoms with E-state index in [4.69, 9.17) is 25.8 Å². The van der Waals surface area contributed by atoms with Crippen molar-refractivity contribution in [3.63, 3.8) is 0 Å². The molecule has 3 unspecified atom stereocenters. The Morgan fingerprint density at radius 1 is 1.09 bits per heavy atom. The number of hydrogen-bond acceptors (Lipinski definition) is 12. The molecule has 1 aromatic rings. The van der Waals surface area contributed by atoms with E-state index < -0.39 is 70.7 Å². The van der Waals surface area contributed by atoms with Crippen LogP contribution in [0.25, 0.3) is 0 Å². The number of benzene rings is 1. The number of nitrogens with one attached hydrogen (secondary N) is 2. The highest BCUT2D eigenvalue weighted by atomic mass is 35.5. The van der Waals surface area contributed by atoms with Gasteiger partial charge in [0.05, 0.1) is 28.5 Å². The minimum absolute atomic E-state index is 0.0162. The Labute approximate surface area is 396 Å². The smallest absolute Gasteiger partial charge is 0.409 e. The molecule has 5 aliphatic rings. The number of amides is 6. The lowest BCUT2D eigenvalue weighted by molar-refractivity contribution is -0.162. The molecule has 3 saturated heterocycles. The molecule has 18 heteroatoms. The minimum atomic E-state index is -1.64. The number of aliphatic hydroxyl groups is 1. The number of aryl methyl sites for hydroxylation is 1. The van der Waals surface area contributed by atoms with Gasteiger partial charge in [0.2, 0.25) is 29.5 Å². The molecule has 66 heavy (non-hydrogen) atoms. The predicted octanol–water partition coefficient (Wildman–Crippen LogP) is 5.24. The van der Waals surface area contributed by atoms with Crippen molar-refractivity contribution in [1.82, 2.24) is 20.4 Å². The van der Waals surface area contributed by atoms with Crippen molar-refractivity contribution in [3.05, 3.63) is 52.1 Å². The molecule has 6 rings (SSSR count). The van der Waals surface area contributed by atoms with E-state index in [0.717, 1.165) is 29.5 Å². The summed E-state index contributed by atoms with van der Waals surface area (Å²) < 4.78 is 18.2. The Kier molecular flexibility index (Phi) is 16.1. The molecule has 9 atom stereocenters. The number of esters is 1. The van der Waals surface area contributed by atoms with Gasteiger partial charge in [-0.2, -0.15) is 0 Å². The molecule has 362 valence electrons. The number of allylic oxidation sites excluding steroid dienone is 3. The molecule has 4 bridgehead atoms. The lowest BCUT2D eigenvalue weighted by Crippen LogP contribution is -2.60. The van der Waals surface area contributed by atoms with Crippen LogP contribution in [-0.2, 0) is 49.4 Å². The summed E-state index contributed by atoms with van der Waals surface area (Å²) in [7, 11) is 4.71. The van der Waals surface area contributed by atoms with E-state index in [2.05, 4.69) is 10.6 Å². The van der Waals surface area contributed by atoms with Crippen molar-refractivity contribution in [1.29, 1.82) is 0 Å². The van der Waals surface area contributed by atoms with Gasteiger partial charge in [0.15, 0.2) is 0 Å². The topological polar surface area (TPSA) is 204 Å². The molecule has 3 N–H and O–H groups in total. The summed E-state index contributed by atoms with van der Waals surface area (Å²) >= 11 is 8.05. The average Bonchev–Trinajstić information content (AvgIpc) is 3.90. The van der Waals surface area contributed by atoms with Crippen LogP contribution in [-0.4, -0.2) is 131 Å². The number of likely N-dealkylation sites (tertiary alicyclic amines) is 1. The third kappa shape index (κ3) is 11.3. The van der Waals surface area contributed by atoms with Crippen LogP contribution in [0.4, 0.5) is 10.5 Å². The van der Waals surface area contributed by atoms with E-state index in [-0.39, 0.29) is 66.9 Å². The molecule has 4 heterocycles. The molecule has 4 aliphatic heterocycles. The number of carbonyl (C=O) groups excluding carboxylic acids is 7. The summed E-state index contributed by atoms with van der Waals surface area (Å²) in [4.78, 5) is 97.0. The van der Waals surface area contributed by atoms with E-state index >= 15 is 0 Å². The Balaban J connectivity index is 1.13. The summed E-state index contributed by atoms with van der Waals surface area (Å²) in [5.74, 6) is -2.77. The quantitative estimate of drug-likeness (QED) is 0.157. The highest BCUT2D eigenvalue weighted by Gasteiger charge is 2.64. The van der Waals surface area contributed by atoms with E-state index in [0.29, 0.717) is 36.5 Å². The number of anilines is 1. The standard InChI is InChI=1S/C48H66ClN5O11S/c1-26-11-10-12-28(3)48(62)24-35(63-46(61)51-48)29(4)42-47(6,65-42)37(23-39(56)53(9)34-21-32(19-26)20-27(2)41(34)49)64-45(60)30(5)52(8)38(55)17-18-66-36-22-40(57)54(44(36)59)25-31-13-15-33(16-14-31)43(58)50-7/h10-12,20-21,28-31,33,35-37,42,62H,13-19,22-25H2,1-9H3,(H,50,58)(H,51,61)/b12-10+,26-11+/t28-,29?,30+,31?,33?,35?,36?,37+,42+,47+,48+/m1/s1. The van der Waals surface area contributed by atoms with Crippen LogP contribution in [0.15, 0.2) is 35.9 Å². The first-order valence-electron chi connectivity index (χ1n) is 23.0. The fraction of sp³-hybridized carbons (Fsp3) is 0.646. The number of hydrogen-bond donors (Lipinski definition) is 3. The molecule has 16 nitrogen and oxygen atoms in total. The number of imide groups is 1. The molecule has 1 aromatic carbocycles. The number of fused-ring (bicyclic) bond motifs is 5. The maximum absolute atomic E-state index is 14.3. The Morgan fingerprint density at radius 3 is 2.47 bits per heavy atom. The Hall–Kier alpha value is -4.45. The zero-order chi connectivity index (χ0) is 48.4. The predicted molar refractivity (Wildman–Crippen MR) is 249 cm³/mol. The van der Waals surface area contributed by atoms with Crippen molar-refractivity contribution >= 4 is 70.6 Å². The van der Waals surface area contributed by atoms with Crippen LogP contribution in [0.2, 0.25) is 5.02 Å². The molecular formula is C48H66ClN5O11S. The molecule has 0 aromatic heterocycles. The summed E-state index contributed by atoms with van der Waals surface area (Å²) in [6.45, 7) is 11.0. The maximum atomic E-state index is 14.3. The lowest BCUT2D eigenvalue weighted by atomic mass is 9.81. The van der Waals surface area contributed by atoms with E-state index in [1.807, 2.05) is 51.1 Å². The van der Waals surface area contributed by atoms with Gasteiger partial charge in [-0.3, -0.25) is 34.2 Å². The summed E-state index contributed by atoms with van der Waals surface area (Å²) in [5, 5.41) is 16.8. The third-order valence-corrected chi connectivity index (χ3v) is 16.1. The number of ether oxygens (including phenoxy) is 3. The van der Waals surface area contributed by atoms with Gasteiger partial charge >= 0.3 is 12.1 Å². The van der Waals surface area contributed by atoms with Gasteiger partial charge in [-0.25, -0.2) is 9.59 Å². The van der Waals surface area contributed by atoms with Crippen LogP contribution in [0.3, 0.4) is 0 Å². The molecule has 1 aliphatic carbocycles. The number of rotatable bonds is 10. The Morgan fingerprint density at radius 2 is 1.79 bits per heavy atom. The fourth-order valence-electron chi connectivity index (χ4n) is 9.67. The second-order valence-electron chi connectivity index (χ2n) is 19.1. The molecular weight excluding hydrogens is 890 g/mol. The van der Waals surface area contributed by atoms with Gasteiger partial charge in [-0.05, 0) is 82.9 Å². The first kappa shape index (κ1) is 51.0. The maximum Gasteiger partial charge on any atom is 0.409 e. The van der Waals surface area contributed by atoms with Crippen molar-refractivity contribution in [2.75, 3.05) is 38.3 Å². The number of carbonyl (C=O) groups is 7. The van der Waals surface area contributed by atoms with Gasteiger partial charge in [0, 0.05) is 70.5 Å². The zero-order valence-electron chi connectivity index (χ0n) is 39.5. The van der Waals surface area contributed by atoms with Crippen LogP contribution < -0.4 is 15.5 Å². The van der Waals surface area contributed by atoms with Crippen LogP contribution >= 0.6 is 23.4 Å². The Bertz CT molecular complexity index is 2150. The lowest BCUT2D eigenvalue weighted by Gasteiger charge is -2.41. The molecule has 4 fully saturated rings. The average molecular weight is 957 g/mol. The number of thioether (sulfide) groups is 1. The van der Waals surface area contributed by atoms with Crippen molar-refractivity contribution < 1.29 is 52.9 Å². The SMILES string of the molecule is CNC(=O)C1CCC(CN2C(=O)CC(SCCC(=O)N(C)[C@@H](C)C(=O)O[C@H]3CC(=O)N(C)c4cc(cc(C)c4Cl)C/C(C)=C/C=C/[C@@H](C)[C@@]4(O)CC(OC(=O)N4)C(C)[C@@H]4O[C@@]34C)C2=O)CC1. The fourth-order valence-corrected chi connectivity index (χ4v) is 11.0. The normalized spacial score (nSPS) is 33.4. The highest BCUT2D eigenvalue weighted by Crippen LogP contribution is 2.49. The summed E-state index contributed by atoms with van der Waals surface area (Å²) in [6, 6.07) is 2.72. The highest BCUT2D eigenvalue weighted by molar-refractivity contribution is 8.00. The van der Waals surface area contributed by atoms with Gasteiger partial charge in [0.1, 0.15) is 29.6 Å². The number of epoxide rings is 1. The number of likely N-dealkylation sites (N-methyl/N-ethyl adjacent to an activating group) is 1. The molecule has 6 amide bonds. The van der Waals surface area contributed by atoms with Crippen LogP contribution in [0, 0.1) is 30.6 Å². The van der Waals surface area contributed by atoms with Gasteiger partial charge < -0.3 is 34.4 Å². The summed E-state index contributed by atoms with van der Waals surface area (Å²) in [6.07, 6.45) is 5.41. The van der Waals surface area contributed by atoms with Crippen molar-refractivity contribution in [3.8, 4) is 0 Å². The molecule has 1 saturated carbocycles. The van der Waals surface area contributed by atoms with Crippen LogP contribution in [0.1, 0.15) is 97.1 Å². The van der Waals surface area contributed by atoms with Gasteiger partial charge in [0.25, 0.3) is 0 Å². The number of nitrogens with zero attached hydrogens (tertiary/aromatic N) is 3. The number of halogens is 1. The first-order valence-corrected chi connectivity index (χ1v) is 24.4. The van der Waals surface area contributed by atoms with E-state index in [1.54, 1.807) is 27.9 Å². The minimum Gasteiger partial charge on any atom is -0.457 e. The van der Waals surface area contributed by atoms with Gasteiger partial charge in [-0.1, -0.05) is 55.3 Å². The van der Waals surface area contributed by atoms with Crippen molar-refractivity contribution in [2.24, 2.45) is 23.7 Å². The zero-order valence-corrected chi connectivity index (χ0v) is 41.1. The monoisotopic (exact) mass is 955 g/mol. The second kappa shape index (κ2) is 20.8. The first-order chi connectivity index (χ1) is 31.1. The second-order valence-corrected chi connectivity index (χ2v) is 20.8. The molecule has 0 spiro atoms. The third-order valence-electron chi connectivity index (χ3n) is 14.4. The van der Waals surface area contributed by atoms with E-state index in [1.165, 1.54) is 40.4 Å². The number of alkyl carbamates (subject to hydrolysis) is 1. The van der Waals surface area contributed by atoms with Crippen LogP contribution in [0.5, 0.6) is 0 Å². The summed E-state index contributed by atoms with van der Waals surface area (Å²) in [5.41, 5.74) is 0.279. The molecule has 0 radical (unpaired) electrons. The largest absolute Gasteiger partial charge is 0.457 e.